The van der Waals surface area contributed by atoms with Gasteiger partial charge < -0.3 is 5.32 Å². The normalized spacial score (nSPS) is 28.8. The van der Waals surface area contributed by atoms with E-state index in [4.69, 9.17) is 11.6 Å². The number of nitrogens with zero attached hydrogens (tertiary/aromatic N) is 1. The number of benzene rings is 1. The predicted octanol–water partition coefficient (Wildman–Crippen LogP) is 4.28. The summed E-state index contributed by atoms with van der Waals surface area (Å²) in [6, 6.07) is 12.6. The standard InChI is InChI=1S/C19H21ClN2OS/c1-12-17(14-7-9-22(12)10-8-14)21-19(23)16-11-15(18(20)24-16)13-5-3-2-4-6-13/h2-6,11-12,14,17H,7-10H2,1H3,(H,21,23)/t12-,17+/m1/s1. The molecule has 5 heteroatoms. The Balaban J connectivity index is 1.53. The van der Waals surface area contributed by atoms with E-state index in [-0.39, 0.29) is 11.9 Å². The highest BCUT2D eigenvalue weighted by Gasteiger charge is 2.40. The van der Waals surface area contributed by atoms with E-state index in [9.17, 15) is 4.79 Å². The summed E-state index contributed by atoms with van der Waals surface area (Å²) in [6.45, 7) is 4.56. The van der Waals surface area contributed by atoms with E-state index in [1.807, 2.05) is 36.4 Å². The van der Waals surface area contributed by atoms with Gasteiger partial charge in [0.15, 0.2) is 0 Å². The molecular weight excluding hydrogens is 340 g/mol. The number of carbonyl (C=O) groups excluding carboxylic acids is 1. The van der Waals surface area contributed by atoms with Crippen molar-refractivity contribution in [1.82, 2.24) is 10.2 Å². The number of hydrogen-bond donors (Lipinski definition) is 1. The molecule has 1 amide bonds. The predicted molar refractivity (Wildman–Crippen MR) is 99.8 cm³/mol. The molecule has 5 rings (SSSR count). The van der Waals surface area contributed by atoms with Crippen LogP contribution < -0.4 is 5.32 Å². The first-order chi connectivity index (χ1) is 11.6. The third kappa shape index (κ3) is 2.87. The molecule has 1 N–H and O–H groups in total. The third-order valence-corrected chi connectivity index (χ3v) is 6.83. The van der Waals surface area contributed by atoms with Crippen molar-refractivity contribution in [3.8, 4) is 11.1 Å². The highest BCUT2D eigenvalue weighted by atomic mass is 35.5. The minimum Gasteiger partial charge on any atom is -0.347 e. The molecule has 0 aliphatic carbocycles. The second-order valence-electron chi connectivity index (χ2n) is 6.78. The van der Waals surface area contributed by atoms with Crippen LogP contribution in [0.4, 0.5) is 0 Å². The summed E-state index contributed by atoms with van der Waals surface area (Å²) >= 11 is 7.76. The first-order valence-corrected chi connectivity index (χ1v) is 9.72. The van der Waals surface area contributed by atoms with Crippen molar-refractivity contribution in [2.75, 3.05) is 13.1 Å². The van der Waals surface area contributed by atoms with E-state index >= 15 is 0 Å². The van der Waals surface area contributed by atoms with Gasteiger partial charge in [0.25, 0.3) is 5.91 Å². The van der Waals surface area contributed by atoms with Crippen LogP contribution in [0.15, 0.2) is 36.4 Å². The summed E-state index contributed by atoms with van der Waals surface area (Å²) in [6.07, 6.45) is 2.38. The van der Waals surface area contributed by atoms with Crippen LogP contribution in [0, 0.1) is 5.92 Å². The minimum atomic E-state index is 0.00896. The van der Waals surface area contributed by atoms with Crippen LogP contribution in [0.25, 0.3) is 11.1 Å². The zero-order valence-corrected chi connectivity index (χ0v) is 15.2. The van der Waals surface area contributed by atoms with Gasteiger partial charge in [-0.2, -0.15) is 0 Å². The molecule has 3 saturated heterocycles. The van der Waals surface area contributed by atoms with Crippen LogP contribution in [-0.2, 0) is 0 Å². The van der Waals surface area contributed by atoms with Gasteiger partial charge in [0, 0.05) is 17.6 Å². The van der Waals surface area contributed by atoms with Crippen molar-refractivity contribution in [3.05, 3.63) is 45.6 Å². The average molecular weight is 361 g/mol. The zero-order chi connectivity index (χ0) is 16.7. The van der Waals surface area contributed by atoms with Crippen molar-refractivity contribution >= 4 is 28.8 Å². The summed E-state index contributed by atoms with van der Waals surface area (Å²) in [5, 5.41) is 3.28. The number of halogens is 1. The summed E-state index contributed by atoms with van der Waals surface area (Å²) in [4.78, 5) is 15.9. The van der Waals surface area contributed by atoms with Gasteiger partial charge in [-0.25, -0.2) is 0 Å². The molecule has 3 aliphatic rings. The van der Waals surface area contributed by atoms with Crippen molar-refractivity contribution < 1.29 is 4.79 Å². The van der Waals surface area contributed by atoms with Gasteiger partial charge in [0.1, 0.15) is 4.34 Å². The van der Waals surface area contributed by atoms with Crippen LogP contribution in [0.3, 0.4) is 0 Å². The maximum Gasteiger partial charge on any atom is 0.261 e. The molecule has 0 radical (unpaired) electrons. The Morgan fingerprint density at radius 3 is 2.62 bits per heavy atom. The molecule has 3 fully saturated rings. The first kappa shape index (κ1) is 16.1. The Kier molecular flexibility index (Phi) is 4.37. The van der Waals surface area contributed by atoms with Gasteiger partial charge in [-0.15, -0.1) is 11.3 Å². The first-order valence-electron chi connectivity index (χ1n) is 8.53. The second-order valence-corrected chi connectivity index (χ2v) is 8.43. The quantitative estimate of drug-likeness (QED) is 0.885. The van der Waals surface area contributed by atoms with E-state index in [1.165, 1.54) is 37.3 Å². The summed E-state index contributed by atoms with van der Waals surface area (Å²) in [5.74, 6) is 0.618. The lowest BCUT2D eigenvalue weighted by Gasteiger charge is -2.49. The van der Waals surface area contributed by atoms with Crippen molar-refractivity contribution in [2.24, 2.45) is 5.92 Å². The van der Waals surface area contributed by atoms with E-state index in [0.29, 0.717) is 21.2 Å². The van der Waals surface area contributed by atoms with Gasteiger partial charge in [-0.1, -0.05) is 41.9 Å². The summed E-state index contributed by atoms with van der Waals surface area (Å²) < 4.78 is 0.674. The molecule has 2 aromatic rings. The Labute approximate surface area is 151 Å². The Morgan fingerprint density at radius 1 is 1.25 bits per heavy atom. The van der Waals surface area contributed by atoms with E-state index in [0.717, 1.165) is 11.1 Å². The van der Waals surface area contributed by atoms with Gasteiger partial charge in [-0.3, -0.25) is 9.69 Å². The lowest BCUT2D eigenvalue weighted by Crippen LogP contribution is -2.62. The van der Waals surface area contributed by atoms with E-state index in [1.54, 1.807) is 0 Å². The fourth-order valence-electron chi connectivity index (χ4n) is 4.06. The molecule has 0 unspecified atom stereocenters. The Morgan fingerprint density at radius 2 is 1.96 bits per heavy atom. The topological polar surface area (TPSA) is 32.3 Å². The Bertz CT molecular complexity index is 735. The molecule has 0 spiro atoms. The molecule has 1 aromatic heterocycles. The number of piperidine rings is 3. The number of hydrogen-bond acceptors (Lipinski definition) is 3. The van der Waals surface area contributed by atoms with E-state index in [2.05, 4.69) is 17.1 Å². The smallest absolute Gasteiger partial charge is 0.261 e. The number of amides is 1. The number of fused-ring (bicyclic) bond motifs is 3. The van der Waals surface area contributed by atoms with Crippen LogP contribution in [0.5, 0.6) is 0 Å². The lowest BCUT2D eigenvalue weighted by molar-refractivity contribution is 0.0218. The number of carbonyl (C=O) groups is 1. The molecule has 2 atom stereocenters. The largest absolute Gasteiger partial charge is 0.347 e. The summed E-state index contributed by atoms with van der Waals surface area (Å²) in [7, 11) is 0. The maximum atomic E-state index is 12.8. The minimum absolute atomic E-state index is 0.00896. The molecule has 1 aromatic carbocycles. The molecule has 3 aliphatic heterocycles. The number of thiophene rings is 1. The third-order valence-electron chi connectivity index (χ3n) is 5.47. The highest BCUT2D eigenvalue weighted by Crippen LogP contribution is 2.36. The monoisotopic (exact) mass is 360 g/mol. The molecule has 2 bridgehead atoms. The van der Waals surface area contributed by atoms with Gasteiger partial charge in [0.05, 0.1) is 4.88 Å². The average Bonchev–Trinajstić information content (AvgIpc) is 3.01. The van der Waals surface area contributed by atoms with Crippen LogP contribution >= 0.6 is 22.9 Å². The fraction of sp³-hybridized carbons (Fsp3) is 0.421. The lowest BCUT2D eigenvalue weighted by atomic mass is 9.79. The highest BCUT2D eigenvalue weighted by molar-refractivity contribution is 7.18. The molecule has 24 heavy (non-hydrogen) atoms. The number of nitrogens with one attached hydrogen (secondary N) is 1. The SMILES string of the molecule is C[C@@H]1[C@H](NC(=O)c2cc(-c3ccccc3)c(Cl)s2)C2CCN1CC2. The number of rotatable bonds is 3. The van der Waals surface area contributed by atoms with Crippen LogP contribution in [0.1, 0.15) is 29.4 Å². The summed E-state index contributed by atoms with van der Waals surface area (Å²) in [5.41, 5.74) is 1.99. The molecule has 3 nitrogen and oxygen atoms in total. The van der Waals surface area contributed by atoms with Crippen molar-refractivity contribution in [1.29, 1.82) is 0 Å². The van der Waals surface area contributed by atoms with Crippen molar-refractivity contribution in [3.63, 3.8) is 0 Å². The van der Waals surface area contributed by atoms with Gasteiger partial charge in [0.2, 0.25) is 0 Å². The van der Waals surface area contributed by atoms with Gasteiger partial charge >= 0.3 is 0 Å². The maximum absolute atomic E-state index is 12.8. The van der Waals surface area contributed by atoms with Crippen LogP contribution in [0.2, 0.25) is 4.34 Å². The molecular formula is C19H21ClN2OS. The second kappa shape index (κ2) is 6.51. The zero-order valence-electron chi connectivity index (χ0n) is 13.7. The molecule has 4 heterocycles. The fourth-order valence-corrected chi connectivity index (χ4v) is 5.28. The van der Waals surface area contributed by atoms with E-state index < -0.39 is 0 Å². The van der Waals surface area contributed by atoms with Gasteiger partial charge in [-0.05, 0) is 50.4 Å². The van der Waals surface area contributed by atoms with Crippen molar-refractivity contribution in [2.45, 2.75) is 31.8 Å². The van der Waals surface area contributed by atoms with Crippen LogP contribution in [-0.4, -0.2) is 36.0 Å². The molecule has 126 valence electrons. The molecule has 0 saturated carbocycles. The Hall–Kier alpha value is -1.36.